The van der Waals surface area contributed by atoms with Crippen molar-refractivity contribution in [2.24, 2.45) is 5.92 Å². The van der Waals surface area contributed by atoms with E-state index >= 15 is 0 Å². The van der Waals surface area contributed by atoms with E-state index in [0.29, 0.717) is 23.0 Å². The van der Waals surface area contributed by atoms with Gasteiger partial charge in [0.15, 0.2) is 0 Å². The maximum atomic E-state index is 11.7. The van der Waals surface area contributed by atoms with Crippen molar-refractivity contribution < 1.29 is 9.45 Å². The van der Waals surface area contributed by atoms with Crippen LogP contribution in [0.15, 0.2) is 47.0 Å². The van der Waals surface area contributed by atoms with Gasteiger partial charge in [-0.25, -0.2) is 0 Å². The van der Waals surface area contributed by atoms with Crippen molar-refractivity contribution in [2.75, 3.05) is 18.0 Å². The maximum absolute atomic E-state index is 11.7. The van der Waals surface area contributed by atoms with Gasteiger partial charge in [-0.05, 0) is 43.4 Å². The van der Waals surface area contributed by atoms with Gasteiger partial charge >= 0.3 is 0 Å². The summed E-state index contributed by atoms with van der Waals surface area (Å²) < 4.78 is 5.40. The lowest BCUT2D eigenvalue weighted by atomic mass is 9.99. The lowest BCUT2D eigenvalue weighted by molar-refractivity contribution is -0.384. The minimum atomic E-state index is -0.337. The van der Waals surface area contributed by atoms with Gasteiger partial charge in [-0.15, -0.1) is 0 Å². The summed E-state index contributed by atoms with van der Waals surface area (Å²) in [4.78, 5) is 17.9. The second-order valence-electron chi connectivity index (χ2n) is 7.39. The topological polar surface area (TPSA) is 85.3 Å². The summed E-state index contributed by atoms with van der Waals surface area (Å²) in [7, 11) is 0. The highest BCUT2D eigenvalue weighted by Gasteiger charge is 2.25. The molecule has 0 aliphatic carbocycles. The molecule has 3 aromatic rings. The molecule has 0 N–H and O–H groups in total. The number of hydrogen-bond donors (Lipinski definition) is 0. The van der Waals surface area contributed by atoms with Gasteiger partial charge in [0.05, 0.1) is 4.92 Å². The first-order valence-corrected chi connectivity index (χ1v) is 9.46. The van der Waals surface area contributed by atoms with Crippen molar-refractivity contribution in [3.63, 3.8) is 0 Å². The molecular formula is C21H22N4O3. The van der Waals surface area contributed by atoms with Crippen LogP contribution >= 0.6 is 0 Å². The minimum absolute atomic E-state index is 0.0715. The first-order chi connectivity index (χ1) is 13.5. The van der Waals surface area contributed by atoms with Crippen LogP contribution in [0.5, 0.6) is 0 Å². The summed E-state index contributed by atoms with van der Waals surface area (Å²) in [5.74, 6) is 1.28. The molecule has 1 saturated heterocycles. The molecule has 1 unspecified atom stereocenters. The third-order valence-corrected chi connectivity index (χ3v) is 5.23. The number of piperidine rings is 1. The number of aromatic nitrogens is 2. The molecule has 1 aromatic heterocycles. The molecule has 1 aliphatic rings. The molecule has 0 amide bonds. The van der Waals surface area contributed by atoms with Crippen LogP contribution in [0.25, 0.3) is 22.8 Å². The van der Waals surface area contributed by atoms with Crippen molar-refractivity contribution in [1.82, 2.24) is 10.1 Å². The van der Waals surface area contributed by atoms with Gasteiger partial charge in [0.1, 0.15) is 5.69 Å². The molecule has 0 bridgehead atoms. The van der Waals surface area contributed by atoms with E-state index in [9.17, 15) is 10.1 Å². The quantitative estimate of drug-likeness (QED) is 0.476. The Morgan fingerprint density at radius 1 is 1.25 bits per heavy atom. The third kappa shape index (κ3) is 3.47. The van der Waals surface area contributed by atoms with Crippen LogP contribution < -0.4 is 4.90 Å². The molecule has 0 spiro atoms. The van der Waals surface area contributed by atoms with E-state index in [4.69, 9.17) is 4.52 Å². The number of rotatable bonds is 4. The van der Waals surface area contributed by atoms with Crippen LogP contribution in [0.1, 0.15) is 25.3 Å². The normalized spacial score (nSPS) is 16.9. The summed E-state index contributed by atoms with van der Waals surface area (Å²) in [6.07, 6.45) is 2.20. The van der Waals surface area contributed by atoms with Gasteiger partial charge in [-0.1, -0.05) is 36.3 Å². The van der Waals surface area contributed by atoms with Crippen molar-refractivity contribution in [3.05, 3.63) is 58.1 Å². The largest absolute Gasteiger partial charge is 0.366 e. The number of aryl methyl sites for hydroxylation is 1. The van der Waals surface area contributed by atoms with Gasteiger partial charge in [0.2, 0.25) is 5.82 Å². The standard InChI is InChI=1S/C21H22N4O3/c1-14-6-5-11-24(13-14)18-10-9-16(12-19(18)25(26)27)21-22-20(23-28-21)17-8-4-3-7-15(17)2/h3-4,7-10,12,14H,5-6,11,13H2,1-2H3. The van der Waals surface area contributed by atoms with E-state index in [1.807, 2.05) is 37.3 Å². The highest BCUT2D eigenvalue weighted by Crippen LogP contribution is 2.35. The minimum Gasteiger partial charge on any atom is -0.366 e. The van der Waals surface area contributed by atoms with Crippen LogP contribution in [0.4, 0.5) is 11.4 Å². The molecule has 4 rings (SSSR count). The number of anilines is 1. The molecule has 7 nitrogen and oxygen atoms in total. The Kier molecular flexibility index (Phi) is 4.81. The summed E-state index contributed by atoms with van der Waals surface area (Å²) in [6.45, 7) is 5.82. The van der Waals surface area contributed by atoms with Crippen LogP contribution in [-0.2, 0) is 0 Å². The van der Waals surface area contributed by atoms with Crippen molar-refractivity contribution in [1.29, 1.82) is 0 Å². The molecule has 2 aromatic carbocycles. The molecule has 0 saturated carbocycles. The molecule has 7 heteroatoms. The zero-order valence-electron chi connectivity index (χ0n) is 16.0. The Morgan fingerprint density at radius 3 is 2.82 bits per heavy atom. The molecule has 28 heavy (non-hydrogen) atoms. The van der Waals surface area contributed by atoms with Crippen molar-refractivity contribution in [2.45, 2.75) is 26.7 Å². The Morgan fingerprint density at radius 2 is 2.07 bits per heavy atom. The Labute approximate surface area is 163 Å². The molecule has 0 radical (unpaired) electrons. The SMILES string of the molecule is Cc1ccccc1-c1noc(-c2ccc(N3CCCC(C)C3)c([N+](=O)[O-])c2)n1. The zero-order valence-corrected chi connectivity index (χ0v) is 16.0. The monoisotopic (exact) mass is 378 g/mol. The number of nitrogens with zero attached hydrogens (tertiary/aromatic N) is 4. The Bertz CT molecular complexity index is 1010. The van der Waals surface area contributed by atoms with Gasteiger partial charge in [-0.2, -0.15) is 4.98 Å². The zero-order chi connectivity index (χ0) is 19.7. The summed E-state index contributed by atoms with van der Waals surface area (Å²) in [5, 5.41) is 15.8. The van der Waals surface area contributed by atoms with Crippen LogP contribution in [0.3, 0.4) is 0 Å². The Balaban J connectivity index is 1.69. The first kappa shape index (κ1) is 18.2. The lowest BCUT2D eigenvalue weighted by Crippen LogP contribution is -2.34. The van der Waals surface area contributed by atoms with E-state index in [-0.39, 0.29) is 16.5 Å². The van der Waals surface area contributed by atoms with Crippen molar-refractivity contribution >= 4 is 11.4 Å². The number of benzene rings is 2. The van der Waals surface area contributed by atoms with Gasteiger partial charge < -0.3 is 9.42 Å². The molecule has 2 heterocycles. The first-order valence-electron chi connectivity index (χ1n) is 9.46. The highest BCUT2D eigenvalue weighted by atomic mass is 16.6. The maximum Gasteiger partial charge on any atom is 0.293 e. The summed E-state index contributed by atoms with van der Waals surface area (Å²) in [6, 6.07) is 12.9. The van der Waals surface area contributed by atoms with E-state index in [0.717, 1.165) is 37.1 Å². The van der Waals surface area contributed by atoms with Crippen LogP contribution in [0.2, 0.25) is 0 Å². The fourth-order valence-electron chi connectivity index (χ4n) is 3.75. The molecule has 1 fully saturated rings. The predicted octanol–water partition coefficient (Wildman–Crippen LogP) is 4.86. The average Bonchev–Trinajstić information content (AvgIpc) is 3.18. The van der Waals surface area contributed by atoms with Crippen LogP contribution in [0, 0.1) is 23.0 Å². The second kappa shape index (κ2) is 7.42. The predicted molar refractivity (Wildman–Crippen MR) is 107 cm³/mol. The van der Waals surface area contributed by atoms with Crippen LogP contribution in [-0.4, -0.2) is 28.2 Å². The molecular weight excluding hydrogens is 356 g/mol. The average molecular weight is 378 g/mol. The highest BCUT2D eigenvalue weighted by molar-refractivity contribution is 5.72. The fraction of sp³-hybridized carbons (Fsp3) is 0.333. The smallest absolute Gasteiger partial charge is 0.293 e. The number of hydrogen-bond acceptors (Lipinski definition) is 6. The summed E-state index contributed by atoms with van der Waals surface area (Å²) in [5.41, 5.74) is 3.19. The van der Waals surface area contributed by atoms with E-state index < -0.39 is 0 Å². The number of nitro benzene ring substituents is 1. The summed E-state index contributed by atoms with van der Waals surface area (Å²) >= 11 is 0. The van der Waals surface area contributed by atoms with E-state index in [2.05, 4.69) is 22.0 Å². The van der Waals surface area contributed by atoms with E-state index in [1.165, 1.54) is 6.07 Å². The fourth-order valence-corrected chi connectivity index (χ4v) is 3.75. The second-order valence-corrected chi connectivity index (χ2v) is 7.39. The third-order valence-electron chi connectivity index (χ3n) is 5.23. The van der Waals surface area contributed by atoms with Gasteiger partial charge in [-0.3, -0.25) is 10.1 Å². The van der Waals surface area contributed by atoms with Crippen molar-refractivity contribution in [3.8, 4) is 22.8 Å². The molecule has 1 aliphatic heterocycles. The van der Waals surface area contributed by atoms with Gasteiger partial charge in [0, 0.05) is 30.3 Å². The molecule has 144 valence electrons. The number of nitro groups is 1. The van der Waals surface area contributed by atoms with E-state index in [1.54, 1.807) is 6.07 Å². The lowest BCUT2D eigenvalue weighted by Gasteiger charge is -2.32. The Hall–Kier alpha value is -3.22. The van der Waals surface area contributed by atoms with Gasteiger partial charge in [0.25, 0.3) is 11.6 Å². The molecule has 1 atom stereocenters.